The van der Waals surface area contributed by atoms with Crippen LogP contribution < -0.4 is 0 Å². The molecule has 0 amide bonds. The molecule has 0 bridgehead atoms. The quantitative estimate of drug-likeness (QED) is 0.593. The summed E-state index contributed by atoms with van der Waals surface area (Å²) >= 11 is 5.19. The van der Waals surface area contributed by atoms with Gasteiger partial charge in [-0.05, 0) is 17.7 Å². The summed E-state index contributed by atoms with van der Waals surface area (Å²) < 4.78 is 11.9. The molecule has 0 radical (unpaired) electrons. The van der Waals surface area contributed by atoms with Crippen molar-refractivity contribution < 1.29 is 14.3 Å². The summed E-state index contributed by atoms with van der Waals surface area (Å²) in [5, 5.41) is 0.416. The minimum absolute atomic E-state index is 0.108. The lowest BCUT2D eigenvalue weighted by Crippen LogP contribution is -2.27. The lowest BCUT2D eigenvalue weighted by molar-refractivity contribution is -0.149. The fourth-order valence-electron chi connectivity index (χ4n) is 1.57. The molecule has 1 fully saturated rings. The average Bonchev–Trinajstić information content (AvgIpc) is 3.14. The number of carbonyl (C=O) groups excluding carboxylic acids is 1. The average molecular weight is 331 g/mol. The van der Waals surface area contributed by atoms with E-state index >= 15 is 0 Å². The molecule has 1 aliphatic rings. The van der Waals surface area contributed by atoms with Crippen LogP contribution in [-0.4, -0.2) is 29.7 Å². The normalized spacial score (nSPS) is 19.3. The minimum atomic E-state index is -0.236. The third-order valence-electron chi connectivity index (χ3n) is 2.56. The van der Waals surface area contributed by atoms with Crippen LogP contribution in [0, 0.1) is 0 Å². The summed E-state index contributed by atoms with van der Waals surface area (Å²) in [5.41, 5.74) is 1.11. The van der Waals surface area contributed by atoms with Crippen LogP contribution in [0.1, 0.15) is 12.5 Å². The molecule has 0 N–H and O–H groups in total. The van der Waals surface area contributed by atoms with Crippen molar-refractivity contribution >= 4 is 33.7 Å². The number of thioether (sulfide) groups is 1. The second-order valence-electron chi connectivity index (χ2n) is 4.16. The van der Waals surface area contributed by atoms with Gasteiger partial charge in [-0.25, -0.2) is 0 Å². The van der Waals surface area contributed by atoms with Gasteiger partial charge >= 0.3 is 5.97 Å². The van der Waals surface area contributed by atoms with Crippen LogP contribution in [0.3, 0.4) is 0 Å². The Morgan fingerprint density at radius 1 is 1.50 bits per heavy atom. The Hall–Kier alpha value is -0.520. The van der Waals surface area contributed by atoms with Gasteiger partial charge in [0.05, 0.1) is 18.5 Å². The van der Waals surface area contributed by atoms with Crippen molar-refractivity contribution in [3.63, 3.8) is 0 Å². The zero-order valence-corrected chi connectivity index (χ0v) is 12.5. The highest BCUT2D eigenvalue weighted by Gasteiger charge is 2.34. The third-order valence-corrected chi connectivity index (χ3v) is 4.11. The maximum atomic E-state index is 11.0. The fraction of sp³-hybridized carbons (Fsp3) is 0.462. The number of rotatable bonds is 6. The van der Waals surface area contributed by atoms with Gasteiger partial charge in [0.15, 0.2) is 0 Å². The Labute approximate surface area is 119 Å². The van der Waals surface area contributed by atoms with E-state index < -0.39 is 0 Å². The maximum absolute atomic E-state index is 11.0. The van der Waals surface area contributed by atoms with E-state index in [4.69, 9.17) is 9.47 Å². The Morgan fingerprint density at radius 3 is 2.72 bits per heavy atom. The lowest BCUT2D eigenvalue weighted by Gasteiger charge is -2.15. The van der Waals surface area contributed by atoms with Crippen molar-refractivity contribution in [1.82, 2.24) is 0 Å². The second kappa shape index (κ2) is 6.59. The van der Waals surface area contributed by atoms with Gasteiger partial charge < -0.3 is 9.47 Å². The molecule has 1 aromatic rings. The molecule has 0 unspecified atom stereocenters. The number of ether oxygens (including phenoxy) is 2. The van der Waals surface area contributed by atoms with E-state index in [9.17, 15) is 4.79 Å². The smallest absolute Gasteiger partial charge is 0.303 e. The van der Waals surface area contributed by atoms with E-state index in [2.05, 4.69) is 15.9 Å². The topological polar surface area (TPSA) is 35.5 Å². The Bertz CT molecular complexity index is 403. The highest BCUT2D eigenvalue weighted by atomic mass is 79.9. The molecule has 1 heterocycles. The van der Waals surface area contributed by atoms with Crippen molar-refractivity contribution in [1.29, 1.82) is 0 Å². The summed E-state index contributed by atoms with van der Waals surface area (Å²) in [7, 11) is 0. The first-order valence-electron chi connectivity index (χ1n) is 5.76. The summed E-state index contributed by atoms with van der Waals surface area (Å²) in [6, 6.07) is 7.99. The van der Waals surface area contributed by atoms with Crippen LogP contribution in [-0.2, 0) is 20.9 Å². The zero-order chi connectivity index (χ0) is 13.0. The van der Waals surface area contributed by atoms with Crippen LogP contribution in [0.15, 0.2) is 28.7 Å². The van der Waals surface area contributed by atoms with E-state index in [-0.39, 0.29) is 12.1 Å². The van der Waals surface area contributed by atoms with Gasteiger partial charge in [0, 0.05) is 17.1 Å². The summed E-state index contributed by atoms with van der Waals surface area (Å²) in [4.78, 5) is 11.0. The van der Waals surface area contributed by atoms with Crippen molar-refractivity contribution in [2.45, 2.75) is 24.9 Å². The predicted molar refractivity (Wildman–Crippen MR) is 75.6 cm³/mol. The summed E-state index contributed by atoms with van der Waals surface area (Å²) in [5.74, 6) is 0.819. The van der Waals surface area contributed by atoms with Gasteiger partial charge in [-0.1, -0.05) is 28.1 Å². The first-order valence-corrected chi connectivity index (χ1v) is 7.60. The van der Waals surface area contributed by atoms with Crippen molar-refractivity contribution in [3.05, 3.63) is 34.3 Å². The SMILES string of the molecule is CC(=O)O[C@H](COCc1ccc(Br)cc1)[C@@H]1CS1. The Kier molecular flexibility index (Phi) is 5.09. The number of esters is 1. The second-order valence-corrected chi connectivity index (χ2v) is 6.35. The number of carbonyl (C=O) groups is 1. The molecule has 3 nitrogen and oxygen atoms in total. The molecule has 5 heteroatoms. The first kappa shape index (κ1) is 13.9. The summed E-state index contributed by atoms with van der Waals surface area (Å²) in [6.45, 7) is 2.45. The Morgan fingerprint density at radius 2 is 2.17 bits per heavy atom. The monoisotopic (exact) mass is 330 g/mol. The first-order chi connectivity index (χ1) is 8.65. The minimum Gasteiger partial charge on any atom is -0.459 e. The maximum Gasteiger partial charge on any atom is 0.303 e. The van der Waals surface area contributed by atoms with Crippen molar-refractivity contribution in [3.8, 4) is 0 Å². The molecule has 1 aliphatic heterocycles. The van der Waals surface area contributed by atoms with E-state index in [1.165, 1.54) is 6.92 Å². The fourth-order valence-corrected chi connectivity index (χ4v) is 2.51. The molecule has 0 aliphatic carbocycles. The summed E-state index contributed by atoms with van der Waals surface area (Å²) in [6.07, 6.45) is -0.108. The van der Waals surface area contributed by atoms with Crippen LogP contribution in [0.25, 0.3) is 0 Å². The lowest BCUT2D eigenvalue weighted by atomic mass is 10.2. The number of halogens is 1. The van der Waals surface area contributed by atoms with Crippen molar-refractivity contribution in [2.75, 3.05) is 12.4 Å². The molecular formula is C13H15BrO3S. The van der Waals surface area contributed by atoms with E-state index in [0.717, 1.165) is 15.8 Å². The van der Waals surface area contributed by atoms with Gasteiger partial charge in [0.25, 0.3) is 0 Å². The van der Waals surface area contributed by atoms with Gasteiger partial charge in [-0.3, -0.25) is 4.79 Å². The molecule has 0 aromatic heterocycles. The number of benzene rings is 1. The van der Waals surface area contributed by atoms with Gasteiger partial charge in [-0.2, -0.15) is 11.8 Å². The van der Waals surface area contributed by atoms with Gasteiger partial charge in [-0.15, -0.1) is 0 Å². The number of hydrogen-bond donors (Lipinski definition) is 0. The van der Waals surface area contributed by atoms with Crippen molar-refractivity contribution in [2.24, 2.45) is 0 Å². The molecule has 18 heavy (non-hydrogen) atoms. The van der Waals surface area contributed by atoms with Gasteiger partial charge in [0.2, 0.25) is 0 Å². The van der Waals surface area contributed by atoms with E-state index in [0.29, 0.717) is 18.5 Å². The molecular weight excluding hydrogens is 316 g/mol. The third kappa shape index (κ3) is 4.63. The number of hydrogen-bond acceptors (Lipinski definition) is 4. The predicted octanol–water partition coefficient (Wildman–Crippen LogP) is 3.01. The molecule has 98 valence electrons. The molecule has 1 saturated heterocycles. The van der Waals surface area contributed by atoms with E-state index in [1.54, 1.807) is 11.8 Å². The highest BCUT2D eigenvalue weighted by Crippen LogP contribution is 2.34. The molecule has 0 spiro atoms. The van der Waals surface area contributed by atoms with Crippen LogP contribution in [0.5, 0.6) is 0 Å². The van der Waals surface area contributed by atoms with Crippen LogP contribution in [0.2, 0.25) is 0 Å². The van der Waals surface area contributed by atoms with Crippen LogP contribution >= 0.6 is 27.7 Å². The molecule has 2 atom stereocenters. The highest BCUT2D eigenvalue weighted by molar-refractivity contribution is 9.10. The largest absolute Gasteiger partial charge is 0.459 e. The molecule has 1 aromatic carbocycles. The molecule has 2 rings (SSSR count). The molecule has 0 saturated carbocycles. The van der Waals surface area contributed by atoms with Crippen LogP contribution in [0.4, 0.5) is 0 Å². The zero-order valence-electron chi connectivity index (χ0n) is 10.1. The standard InChI is InChI=1S/C13H15BrO3S/c1-9(15)17-12(13-8-18-13)7-16-6-10-2-4-11(14)5-3-10/h2-5,12-13H,6-8H2,1H3/t12-,13+/m1/s1. The van der Waals surface area contributed by atoms with E-state index in [1.807, 2.05) is 24.3 Å². The Balaban J connectivity index is 1.75. The van der Waals surface area contributed by atoms with Gasteiger partial charge in [0.1, 0.15) is 6.10 Å².